The number of rotatable bonds is 2. The minimum Gasteiger partial charge on any atom is -0.369 e. The second-order valence-electron chi connectivity index (χ2n) is 5.34. The maximum Gasteiger partial charge on any atom is 0.133 e. The summed E-state index contributed by atoms with van der Waals surface area (Å²) in [6.07, 6.45) is 0.959. The van der Waals surface area contributed by atoms with E-state index in [1.54, 1.807) is 6.07 Å². The van der Waals surface area contributed by atoms with Crippen molar-refractivity contribution in [2.75, 3.05) is 11.9 Å². The Morgan fingerprint density at radius 1 is 1.13 bits per heavy atom. The number of fused-ring (bicyclic) bond motifs is 1. The summed E-state index contributed by atoms with van der Waals surface area (Å²) in [5.74, 6) is 1.02. The van der Waals surface area contributed by atoms with Crippen LogP contribution in [0.1, 0.15) is 5.56 Å². The van der Waals surface area contributed by atoms with Crippen LogP contribution in [0.3, 0.4) is 0 Å². The molecule has 0 spiro atoms. The lowest BCUT2D eigenvalue weighted by Gasteiger charge is -2.08. The van der Waals surface area contributed by atoms with Gasteiger partial charge in [0.15, 0.2) is 0 Å². The Hall–Kier alpha value is -1.24. The van der Waals surface area contributed by atoms with Crippen molar-refractivity contribution in [3.05, 3.63) is 61.6 Å². The van der Waals surface area contributed by atoms with E-state index < -0.39 is 0 Å². The van der Waals surface area contributed by atoms with Gasteiger partial charge in [0.1, 0.15) is 5.82 Å². The number of halogens is 3. The van der Waals surface area contributed by atoms with Crippen LogP contribution in [0, 0.1) is 3.57 Å². The van der Waals surface area contributed by atoms with Crippen molar-refractivity contribution in [2.24, 2.45) is 0 Å². The van der Waals surface area contributed by atoms with E-state index in [1.165, 1.54) is 9.13 Å². The molecule has 1 aromatic heterocycles. The van der Waals surface area contributed by atoms with Gasteiger partial charge in [0.25, 0.3) is 0 Å². The Kier molecular flexibility index (Phi) is 3.99. The van der Waals surface area contributed by atoms with E-state index in [4.69, 9.17) is 28.3 Å². The molecule has 23 heavy (non-hydrogen) atoms. The van der Waals surface area contributed by atoms with Crippen molar-refractivity contribution in [3.63, 3.8) is 0 Å². The van der Waals surface area contributed by atoms with E-state index in [0.717, 1.165) is 35.7 Å². The molecule has 0 bridgehead atoms. The molecule has 0 radical (unpaired) electrons. The SMILES string of the molecule is Clc1ccc(-n2nc(-c3ccccc3I)c3c2NCC3)c(Cl)c1. The van der Waals surface area contributed by atoms with Gasteiger partial charge in [-0.25, -0.2) is 4.68 Å². The molecule has 3 nitrogen and oxygen atoms in total. The zero-order valence-electron chi connectivity index (χ0n) is 12.0. The van der Waals surface area contributed by atoms with Crippen molar-refractivity contribution < 1.29 is 0 Å². The number of nitrogens with one attached hydrogen (secondary N) is 1. The number of benzene rings is 2. The maximum atomic E-state index is 6.38. The third-order valence-corrected chi connectivity index (χ3v) is 5.40. The summed E-state index contributed by atoms with van der Waals surface area (Å²) in [6.45, 7) is 0.912. The molecule has 0 unspecified atom stereocenters. The lowest BCUT2D eigenvalue weighted by Crippen LogP contribution is -2.05. The first kappa shape index (κ1) is 15.3. The normalized spacial score (nSPS) is 13.0. The average molecular weight is 456 g/mol. The molecule has 1 N–H and O–H groups in total. The van der Waals surface area contributed by atoms with Crippen molar-refractivity contribution >= 4 is 51.6 Å². The van der Waals surface area contributed by atoms with E-state index in [0.29, 0.717) is 10.0 Å². The molecule has 0 amide bonds. The number of anilines is 1. The highest BCUT2D eigenvalue weighted by Crippen LogP contribution is 2.37. The van der Waals surface area contributed by atoms with Gasteiger partial charge >= 0.3 is 0 Å². The van der Waals surface area contributed by atoms with Gasteiger partial charge in [-0.3, -0.25) is 0 Å². The zero-order valence-corrected chi connectivity index (χ0v) is 15.7. The largest absolute Gasteiger partial charge is 0.369 e. The molecule has 2 aromatic carbocycles. The third kappa shape index (κ3) is 2.62. The van der Waals surface area contributed by atoms with Crippen LogP contribution in [-0.2, 0) is 6.42 Å². The average Bonchev–Trinajstić information content (AvgIpc) is 3.11. The molecule has 6 heteroatoms. The summed E-state index contributed by atoms with van der Waals surface area (Å²) in [7, 11) is 0. The van der Waals surface area contributed by atoms with Crippen LogP contribution in [0.4, 0.5) is 5.82 Å². The van der Waals surface area contributed by atoms with Crippen LogP contribution in [0.25, 0.3) is 16.9 Å². The summed E-state index contributed by atoms with van der Waals surface area (Å²) in [6, 6.07) is 13.8. The lowest BCUT2D eigenvalue weighted by molar-refractivity contribution is 0.882. The minimum atomic E-state index is 0.589. The molecule has 0 aliphatic carbocycles. The topological polar surface area (TPSA) is 29.9 Å². The fourth-order valence-corrected chi connectivity index (χ4v) is 4.00. The standard InChI is InChI=1S/C17H12Cl2IN3/c18-10-5-6-15(13(19)9-10)23-17-12(7-8-21-17)16(22-23)11-3-1-2-4-14(11)20/h1-6,9,21H,7-8H2. The van der Waals surface area contributed by atoms with E-state index in [2.05, 4.69) is 40.0 Å². The number of nitrogens with zero attached hydrogens (tertiary/aromatic N) is 2. The second-order valence-corrected chi connectivity index (χ2v) is 7.35. The lowest BCUT2D eigenvalue weighted by atomic mass is 10.1. The highest BCUT2D eigenvalue weighted by atomic mass is 127. The Morgan fingerprint density at radius 2 is 1.96 bits per heavy atom. The highest BCUT2D eigenvalue weighted by Gasteiger charge is 2.25. The molecular formula is C17H12Cl2IN3. The molecule has 0 saturated heterocycles. The molecular weight excluding hydrogens is 444 g/mol. The second kappa shape index (κ2) is 6.00. The fraction of sp³-hybridized carbons (Fsp3) is 0.118. The number of hydrogen-bond acceptors (Lipinski definition) is 2. The first-order valence-electron chi connectivity index (χ1n) is 7.21. The molecule has 116 valence electrons. The van der Waals surface area contributed by atoms with Gasteiger partial charge in [0.2, 0.25) is 0 Å². The summed E-state index contributed by atoms with van der Waals surface area (Å²) < 4.78 is 3.08. The van der Waals surface area contributed by atoms with Crippen LogP contribution in [-0.4, -0.2) is 16.3 Å². The van der Waals surface area contributed by atoms with Gasteiger partial charge in [-0.15, -0.1) is 0 Å². The van der Waals surface area contributed by atoms with Gasteiger partial charge in [0.05, 0.1) is 16.4 Å². The predicted octanol–water partition coefficient (Wildman–Crippen LogP) is 5.42. The van der Waals surface area contributed by atoms with Crippen molar-refractivity contribution in [1.29, 1.82) is 0 Å². The van der Waals surface area contributed by atoms with E-state index in [-0.39, 0.29) is 0 Å². The van der Waals surface area contributed by atoms with Gasteiger partial charge in [-0.05, 0) is 53.3 Å². The van der Waals surface area contributed by atoms with E-state index >= 15 is 0 Å². The molecule has 0 fully saturated rings. The van der Waals surface area contributed by atoms with Crippen LogP contribution in [0.5, 0.6) is 0 Å². The van der Waals surface area contributed by atoms with Crippen molar-refractivity contribution in [2.45, 2.75) is 6.42 Å². The van der Waals surface area contributed by atoms with Gasteiger partial charge in [-0.2, -0.15) is 5.10 Å². The van der Waals surface area contributed by atoms with Gasteiger partial charge < -0.3 is 5.32 Å². The number of hydrogen-bond donors (Lipinski definition) is 1. The first-order valence-corrected chi connectivity index (χ1v) is 9.04. The van der Waals surface area contributed by atoms with E-state index in [1.807, 2.05) is 28.9 Å². The van der Waals surface area contributed by atoms with Gasteiger partial charge in [-0.1, -0.05) is 41.4 Å². The Labute approximate surface area is 157 Å². The smallest absolute Gasteiger partial charge is 0.133 e. The molecule has 3 aromatic rings. The summed E-state index contributed by atoms with van der Waals surface area (Å²) in [4.78, 5) is 0. The zero-order chi connectivity index (χ0) is 16.0. The first-order chi connectivity index (χ1) is 11.1. The Bertz CT molecular complexity index is 905. The summed E-state index contributed by atoms with van der Waals surface area (Å²) in [5, 5.41) is 9.48. The number of aromatic nitrogens is 2. The Morgan fingerprint density at radius 3 is 2.74 bits per heavy atom. The van der Waals surface area contributed by atoms with Crippen molar-refractivity contribution in [1.82, 2.24) is 9.78 Å². The van der Waals surface area contributed by atoms with Crippen LogP contribution in [0.15, 0.2) is 42.5 Å². The molecule has 0 saturated carbocycles. The van der Waals surface area contributed by atoms with Gasteiger partial charge in [0, 0.05) is 26.3 Å². The third-order valence-electron chi connectivity index (χ3n) is 3.92. The quantitative estimate of drug-likeness (QED) is 0.523. The van der Waals surface area contributed by atoms with Crippen LogP contribution in [0.2, 0.25) is 10.0 Å². The summed E-state index contributed by atoms with van der Waals surface area (Å²) in [5.41, 5.74) is 4.23. The molecule has 1 aliphatic heterocycles. The minimum absolute atomic E-state index is 0.589. The van der Waals surface area contributed by atoms with Crippen LogP contribution >= 0.6 is 45.8 Å². The van der Waals surface area contributed by atoms with E-state index in [9.17, 15) is 0 Å². The maximum absolute atomic E-state index is 6.38. The fourth-order valence-electron chi connectivity index (χ4n) is 2.87. The predicted molar refractivity (Wildman–Crippen MR) is 104 cm³/mol. The monoisotopic (exact) mass is 455 g/mol. The molecule has 4 rings (SSSR count). The molecule has 1 aliphatic rings. The molecule has 0 atom stereocenters. The summed E-state index contributed by atoms with van der Waals surface area (Å²) >= 11 is 14.7. The van der Waals surface area contributed by atoms with Crippen molar-refractivity contribution in [3.8, 4) is 16.9 Å². The highest BCUT2D eigenvalue weighted by molar-refractivity contribution is 14.1. The Balaban J connectivity index is 1.94. The molecule has 2 heterocycles. The van der Waals surface area contributed by atoms with Crippen LogP contribution < -0.4 is 5.32 Å².